The molecule has 1 fully saturated rings. The van der Waals surface area contributed by atoms with Crippen molar-refractivity contribution in [3.05, 3.63) is 82.9 Å². The van der Waals surface area contributed by atoms with Crippen LogP contribution < -0.4 is 18.9 Å². The van der Waals surface area contributed by atoms with Gasteiger partial charge in [0.15, 0.2) is 0 Å². The summed E-state index contributed by atoms with van der Waals surface area (Å²) in [6, 6.07) is 20.5. The maximum Gasteiger partial charge on any atom is 0.127 e. The van der Waals surface area contributed by atoms with Crippen molar-refractivity contribution in [2.45, 2.75) is 64.8 Å². The van der Waals surface area contributed by atoms with Crippen LogP contribution in [0.25, 0.3) is 0 Å². The Balaban J connectivity index is 1.48. The van der Waals surface area contributed by atoms with Crippen LogP contribution in [0.5, 0.6) is 23.0 Å². The second kappa shape index (κ2) is 9.94. The first kappa shape index (κ1) is 25.5. The van der Waals surface area contributed by atoms with Crippen molar-refractivity contribution in [2.24, 2.45) is 11.3 Å². The van der Waals surface area contributed by atoms with Crippen molar-refractivity contribution in [3.63, 3.8) is 0 Å². The first-order chi connectivity index (χ1) is 17.7. The third-order valence-electron chi connectivity index (χ3n) is 8.53. The van der Waals surface area contributed by atoms with Gasteiger partial charge in [0, 0.05) is 18.4 Å². The summed E-state index contributed by atoms with van der Waals surface area (Å²) in [4.78, 5) is 0. The summed E-state index contributed by atoms with van der Waals surface area (Å²) in [5.74, 6) is 3.64. The van der Waals surface area contributed by atoms with Crippen molar-refractivity contribution in [1.82, 2.24) is 0 Å². The van der Waals surface area contributed by atoms with E-state index in [0.717, 1.165) is 59.8 Å². The van der Waals surface area contributed by atoms with Gasteiger partial charge < -0.3 is 24.1 Å². The van der Waals surface area contributed by atoms with Gasteiger partial charge in [0.1, 0.15) is 35.2 Å². The molecule has 1 saturated carbocycles. The summed E-state index contributed by atoms with van der Waals surface area (Å²) in [7, 11) is 3.35. The van der Waals surface area contributed by atoms with Gasteiger partial charge in [0.05, 0.1) is 20.3 Å². The average molecular weight is 503 g/mol. The van der Waals surface area contributed by atoms with Crippen molar-refractivity contribution in [3.8, 4) is 23.0 Å². The lowest BCUT2D eigenvalue weighted by atomic mass is 9.57. The van der Waals surface area contributed by atoms with Crippen LogP contribution in [-0.2, 0) is 19.4 Å². The van der Waals surface area contributed by atoms with Gasteiger partial charge in [0.25, 0.3) is 0 Å². The Labute approximate surface area is 220 Å². The molecule has 0 radical (unpaired) electrons. The Bertz CT molecular complexity index is 1230. The maximum atomic E-state index is 10.8. The van der Waals surface area contributed by atoms with E-state index in [0.29, 0.717) is 6.61 Å². The second-order valence-electron chi connectivity index (χ2n) is 11.3. The monoisotopic (exact) mass is 502 g/mol. The van der Waals surface area contributed by atoms with Gasteiger partial charge in [-0.2, -0.15) is 0 Å². The van der Waals surface area contributed by atoms with E-state index in [9.17, 15) is 5.11 Å². The topological polar surface area (TPSA) is 57.2 Å². The van der Waals surface area contributed by atoms with Crippen LogP contribution in [0.1, 0.15) is 55.9 Å². The number of hydrogen-bond donors (Lipinski definition) is 1. The van der Waals surface area contributed by atoms with Crippen LogP contribution in [0, 0.1) is 11.3 Å². The Morgan fingerprint density at radius 1 is 0.892 bits per heavy atom. The predicted molar refractivity (Wildman–Crippen MR) is 145 cm³/mol. The quantitative estimate of drug-likeness (QED) is 0.407. The van der Waals surface area contributed by atoms with Crippen molar-refractivity contribution in [2.75, 3.05) is 14.2 Å². The summed E-state index contributed by atoms with van der Waals surface area (Å²) in [5, 5.41) is 10.8. The fourth-order valence-electron chi connectivity index (χ4n) is 6.09. The van der Waals surface area contributed by atoms with Crippen molar-refractivity contribution >= 4 is 0 Å². The average Bonchev–Trinajstić information content (AvgIpc) is 2.90. The van der Waals surface area contributed by atoms with Crippen LogP contribution in [0.3, 0.4) is 0 Å². The minimum absolute atomic E-state index is 0.218. The highest BCUT2D eigenvalue weighted by Gasteiger charge is 2.54. The fourth-order valence-corrected chi connectivity index (χ4v) is 6.09. The van der Waals surface area contributed by atoms with Gasteiger partial charge in [-0.05, 0) is 84.2 Å². The normalized spacial score (nSPS) is 23.8. The smallest absolute Gasteiger partial charge is 0.127 e. The summed E-state index contributed by atoms with van der Waals surface area (Å²) < 4.78 is 23.8. The van der Waals surface area contributed by atoms with E-state index in [2.05, 4.69) is 45.0 Å². The molecule has 0 saturated heterocycles. The summed E-state index contributed by atoms with van der Waals surface area (Å²) in [5.41, 5.74) is 4.05. The van der Waals surface area contributed by atoms with Gasteiger partial charge in [-0.15, -0.1) is 0 Å². The van der Waals surface area contributed by atoms with Crippen LogP contribution in [0.4, 0.5) is 0 Å². The number of methoxy groups -OCH3 is 2. The molecule has 5 nitrogen and oxygen atoms in total. The molecule has 0 amide bonds. The molecule has 0 bridgehead atoms. The second-order valence-corrected chi connectivity index (χ2v) is 11.3. The molecule has 5 rings (SSSR count). The highest BCUT2D eigenvalue weighted by molar-refractivity contribution is 5.50. The molecule has 3 aromatic carbocycles. The molecule has 5 heteroatoms. The standard InChI is InChI=1S/C32H38O5/c1-31(2)29-18-24-17-23(16-21-6-10-25(34-4)11-7-21)27(36-20-22-8-12-26(35-5)13-9-22)19-28(24)37-32(29,3)15-14-30(31)33/h6-13,17,19,29-30,33H,14-16,18,20H2,1-5H3/t29-,30-,32-/m1/s1. The summed E-state index contributed by atoms with van der Waals surface area (Å²) in [6.45, 7) is 7.02. The van der Waals surface area contributed by atoms with E-state index in [1.165, 1.54) is 11.1 Å². The van der Waals surface area contributed by atoms with Crippen LogP contribution in [0.15, 0.2) is 60.7 Å². The van der Waals surface area contributed by atoms with Crippen LogP contribution in [-0.4, -0.2) is 31.0 Å². The molecular weight excluding hydrogens is 464 g/mol. The van der Waals surface area contributed by atoms with E-state index in [4.69, 9.17) is 18.9 Å². The number of aliphatic hydroxyl groups excluding tert-OH is 1. The Hall–Kier alpha value is -3.18. The lowest BCUT2D eigenvalue weighted by Crippen LogP contribution is -2.58. The molecule has 3 aromatic rings. The van der Waals surface area contributed by atoms with Gasteiger partial charge >= 0.3 is 0 Å². The third kappa shape index (κ3) is 5.02. The first-order valence-electron chi connectivity index (χ1n) is 13.1. The summed E-state index contributed by atoms with van der Waals surface area (Å²) in [6.07, 6.45) is 2.90. The molecule has 196 valence electrons. The maximum absolute atomic E-state index is 10.8. The predicted octanol–water partition coefficient (Wildman–Crippen LogP) is 6.36. The minimum atomic E-state index is -0.318. The number of benzene rings is 3. The number of hydrogen-bond acceptors (Lipinski definition) is 5. The molecule has 1 aliphatic heterocycles. The number of rotatable bonds is 7. The fraction of sp³-hybridized carbons (Fsp3) is 0.438. The molecular formula is C32H38O5. The van der Waals surface area contributed by atoms with Crippen molar-refractivity contribution < 1.29 is 24.1 Å². The molecule has 1 aliphatic carbocycles. The van der Waals surface area contributed by atoms with Gasteiger partial charge in [-0.1, -0.05) is 38.1 Å². The zero-order valence-electron chi connectivity index (χ0n) is 22.5. The Kier molecular flexibility index (Phi) is 6.84. The van der Waals surface area contributed by atoms with Gasteiger partial charge in [0.2, 0.25) is 0 Å². The molecule has 2 aliphatic rings. The Morgan fingerprint density at radius 2 is 1.51 bits per heavy atom. The SMILES string of the molecule is COc1ccc(COc2cc3c(cc2Cc2ccc(OC)cc2)C[C@@H]2C(C)(C)[C@H](O)CC[C@@]2(C)O3)cc1. The highest BCUT2D eigenvalue weighted by atomic mass is 16.5. The molecule has 1 heterocycles. The number of aliphatic hydroxyl groups is 1. The molecule has 0 unspecified atom stereocenters. The highest BCUT2D eigenvalue weighted by Crippen LogP contribution is 2.53. The zero-order chi connectivity index (χ0) is 26.2. The molecule has 37 heavy (non-hydrogen) atoms. The Morgan fingerprint density at radius 3 is 2.14 bits per heavy atom. The molecule has 0 spiro atoms. The largest absolute Gasteiger partial charge is 0.497 e. The minimum Gasteiger partial charge on any atom is -0.497 e. The molecule has 0 aromatic heterocycles. The lowest BCUT2D eigenvalue weighted by molar-refractivity contribution is -0.137. The van der Waals surface area contributed by atoms with E-state index in [1.54, 1.807) is 14.2 Å². The van der Waals surface area contributed by atoms with E-state index in [-0.39, 0.29) is 23.0 Å². The lowest BCUT2D eigenvalue weighted by Gasteiger charge is -2.55. The third-order valence-corrected chi connectivity index (χ3v) is 8.53. The van der Waals surface area contributed by atoms with E-state index < -0.39 is 0 Å². The van der Waals surface area contributed by atoms with Gasteiger partial charge in [-0.25, -0.2) is 0 Å². The zero-order valence-corrected chi connectivity index (χ0v) is 22.5. The van der Waals surface area contributed by atoms with Crippen LogP contribution in [0.2, 0.25) is 0 Å². The molecule has 3 atom stereocenters. The number of fused-ring (bicyclic) bond motifs is 2. The number of ether oxygens (including phenoxy) is 4. The van der Waals surface area contributed by atoms with Crippen molar-refractivity contribution in [1.29, 1.82) is 0 Å². The van der Waals surface area contributed by atoms with E-state index >= 15 is 0 Å². The van der Waals surface area contributed by atoms with Crippen LogP contribution >= 0.6 is 0 Å². The molecule has 1 N–H and O–H groups in total. The first-order valence-corrected chi connectivity index (χ1v) is 13.1. The van der Waals surface area contributed by atoms with Gasteiger partial charge in [-0.3, -0.25) is 0 Å². The summed E-state index contributed by atoms with van der Waals surface area (Å²) >= 11 is 0. The van der Waals surface area contributed by atoms with E-state index in [1.807, 2.05) is 36.4 Å².